The predicted molar refractivity (Wildman–Crippen MR) is 120 cm³/mol. The molecule has 9 heteroatoms. The van der Waals surface area contributed by atoms with Gasteiger partial charge in [-0.2, -0.15) is 9.50 Å². The van der Waals surface area contributed by atoms with Crippen molar-refractivity contribution in [2.24, 2.45) is 0 Å². The van der Waals surface area contributed by atoms with Gasteiger partial charge in [0.15, 0.2) is 17.3 Å². The van der Waals surface area contributed by atoms with Crippen LogP contribution in [0.4, 0.5) is 0 Å². The Bertz CT molecular complexity index is 1330. The van der Waals surface area contributed by atoms with E-state index in [0.717, 1.165) is 5.56 Å². The molecular weight excluding hydrogens is 445 g/mol. The molecule has 0 bridgehead atoms. The Balaban J connectivity index is 1.74. The molecule has 0 radical (unpaired) electrons. The third-order valence-corrected chi connectivity index (χ3v) is 5.73. The first-order valence-corrected chi connectivity index (χ1v) is 10.8. The van der Waals surface area contributed by atoms with Gasteiger partial charge in [-0.3, -0.25) is 4.79 Å². The highest BCUT2D eigenvalue weighted by molar-refractivity contribution is 7.15. The van der Waals surface area contributed by atoms with Crippen LogP contribution in [0.15, 0.2) is 41.2 Å². The van der Waals surface area contributed by atoms with Crippen molar-refractivity contribution in [3.05, 3.63) is 66.9 Å². The summed E-state index contributed by atoms with van der Waals surface area (Å²) in [5.41, 5.74) is 1.20. The maximum absolute atomic E-state index is 12.8. The average molecular weight is 462 g/mol. The van der Waals surface area contributed by atoms with Crippen molar-refractivity contribution < 1.29 is 9.47 Å². The highest BCUT2D eigenvalue weighted by Gasteiger charge is 2.15. The lowest BCUT2D eigenvalue weighted by Gasteiger charge is -2.11. The van der Waals surface area contributed by atoms with E-state index in [-0.39, 0.29) is 5.56 Å². The molecule has 0 aliphatic heterocycles. The van der Waals surface area contributed by atoms with Crippen LogP contribution in [-0.4, -0.2) is 27.8 Å². The third-order valence-electron chi connectivity index (χ3n) is 4.22. The Labute approximate surface area is 186 Å². The van der Waals surface area contributed by atoms with Crippen LogP contribution < -0.4 is 19.6 Å². The quantitative estimate of drug-likeness (QED) is 0.423. The van der Waals surface area contributed by atoms with Crippen LogP contribution in [0.5, 0.6) is 11.5 Å². The first-order chi connectivity index (χ1) is 14.5. The zero-order valence-electron chi connectivity index (χ0n) is 16.2. The highest BCUT2D eigenvalue weighted by atomic mass is 35.5. The molecule has 4 aromatic rings. The van der Waals surface area contributed by atoms with Gasteiger partial charge in [-0.25, -0.2) is 0 Å². The summed E-state index contributed by atoms with van der Waals surface area (Å²) in [4.78, 5) is 17.8. The number of halogens is 2. The van der Waals surface area contributed by atoms with E-state index >= 15 is 0 Å². The van der Waals surface area contributed by atoms with Gasteiger partial charge in [0.2, 0.25) is 4.96 Å². The standard InChI is InChI=1S/C21H17Cl2N3O3S/c1-3-28-16-8-5-12(9-17(16)29-4-2)10-18-20(27)26-21(30-18)24-19(25-26)14-7-6-13(22)11-15(14)23/h5-11H,3-4H2,1-2H3/b18-10+. The van der Waals surface area contributed by atoms with Crippen LogP contribution >= 0.6 is 34.5 Å². The third kappa shape index (κ3) is 4.01. The van der Waals surface area contributed by atoms with Gasteiger partial charge in [-0.05, 0) is 55.8 Å². The molecule has 0 saturated heterocycles. The molecule has 30 heavy (non-hydrogen) atoms. The molecule has 6 nitrogen and oxygen atoms in total. The molecule has 0 amide bonds. The smallest absolute Gasteiger partial charge is 0.291 e. The van der Waals surface area contributed by atoms with Crippen molar-refractivity contribution in [1.29, 1.82) is 0 Å². The van der Waals surface area contributed by atoms with Gasteiger partial charge in [-0.15, -0.1) is 5.10 Å². The fourth-order valence-corrected chi connectivity index (χ4v) is 4.33. The summed E-state index contributed by atoms with van der Waals surface area (Å²) in [7, 11) is 0. The Morgan fingerprint density at radius 3 is 2.53 bits per heavy atom. The molecule has 4 rings (SSSR count). The number of nitrogens with zero attached hydrogens (tertiary/aromatic N) is 3. The molecule has 0 aliphatic rings. The Hall–Kier alpha value is -2.61. The van der Waals surface area contributed by atoms with E-state index in [1.807, 2.05) is 32.0 Å². The first-order valence-electron chi connectivity index (χ1n) is 9.26. The van der Waals surface area contributed by atoms with Gasteiger partial charge < -0.3 is 9.47 Å². The highest BCUT2D eigenvalue weighted by Crippen LogP contribution is 2.30. The topological polar surface area (TPSA) is 65.7 Å². The van der Waals surface area contributed by atoms with Crippen LogP contribution in [0.25, 0.3) is 22.4 Å². The van der Waals surface area contributed by atoms with Crippen molar-refractivity contribution in [3.8, 4) is 22.9 Å². The molecule has 0 spiro atoms. The lowest BCUT2D eigenvalue weighted by Crippen LogP contribution is -2.23. The minimum absolute atomic E-state index is 0.245. The second kappa shape index (κ2) is 8.63. The number of hydrogen-bond donors (Lipinski definition) is 0. The van der Waals surface area contributed by atoms with Crippen molar-refractivity contribution >= 4 is 45.6 Å². The Morgan fingerprint density at radius 1 is 1.07 bits per heavy atom. The van der Waals surface area contributed by atoms with E-state index in [9.17, 15) is 4.79 Å². The van der Waals surface area contributed by atoms with E-state index in [1.165, 1.54) is 15.9 Å². The molecule has 2 aromatic heterocycles. The fourth-order valence-electron chi connectivity index (χ4n) is 2.93. The molecule has 0 aliphatic carbocycles. The Morgan fingerprint density at radius 2 is 1.83 bits per heavy atom. The Kier molecular flexibility index (Phi) is 5.94. The number of ether oxygens (including phenoxy) is 2. The maximum Gasteiger partial charge on any atom is 0.291 e. The summed E-state index contributed by atoms with van der Waals surface area (Å²) < 4.78 is 13.0. The second-order valence-corrected chi connectivity index (χ2v) is 8.09. The predicted octanol–water partition coefficient (Wildman–Crippen LogP) is 4.47. The maximum atomic E-state index is 12.8. The summed E-state index contributed by atoms with van der Waals surface area (Å²) in [6.45, 7) is 4.89. The van der Waals surface area contributed by atoms with E-state index in [0.29, 0.717) is 55.6 Å². The molecule has 0 saturated carbocycles. The molecule has 0 atom stereocenters. The zero-order valence-corrected chi connectivity index (χ0v) is 18.5. The van der Waals surface area contributed by atoms with Crippen LogP contribution in [0.2, 0.25) is 10.0 Å². The number of benzene rings is 2. The van der Waals surface area contributed by atoms with Gasteiger partial charge >= 0.3 is 0 Å². The number of rotatable bonds is 6. The molecule has 0 unspecified atom stereocenters. The van der Waals surface area contributed by atoms with E-state index in [2.05, 4.69) is 10.1 Å². The number of hydrogen-bond acceptors (Lipinski definition) is 6. The van der Waals surface area contributed by atoms with E-state index in [4.69, 9.17) is 32.7 Å². The normalized spacial score (nSPS) is 11.9. The van der Waals surface area contributed by atoms with Gasteiger partial charge in [0.25, 0.3) is 5.56 Å². The van der Waals surface area contributed by atoms with Gasteiger partial charge in [0.05, 0.1) is 22.8 Å². The van der Waals surface area contributed by atoms with E-state index < -0.39 is 0 Å². The number of aromatic nitrogens is 3. The second-order valence-electron chi connectivity index (χ2n) is 6.24. The van der Waals surface area contributed by atoms with Crippen molar-refractivity contribution in [3.63, 3.8) is 0 Å². The molecule has 0 N–H and O–H groups in total. The summed E-state index contributed by atoms with van der Waals surface area (Å²) >= 11 is 13.4. The molecule has 154 valence electrons. The summed E-state index contributed by atoms with van der Waals surface area (Å²) in [6.07, 6.45) is 1.79. The largest absolute Gasteiger partial charge is 0.490 e. The minimum atomic E-state index is -0.245. The number of fused-ring (bicyclic) bond motifs is 1. The van der Waals surface area contributed by atoms with Gasteiger partial charge in [0, 0.05) is 10.6 Å². The van der Waals surface area contributed by atoms with Crippen LogP contribution in [-0.2, 0) is 0 Å². The van der Waals surface area contributed by atoms with Gasteiger partial charge in [0.1, 0.15) is 0 Å². The lowest BCUT2D eigenvalue weighted by atomic mass is 10.2. The monoisotopic (exact) mass is 461 g/mol. The SMILES string of the molecule is CCOc1ccc(/C=c2/sc3nc(-c4ccc(Cl)cc4Cl)nn3c2=O)cc1OCC. The summed E-state index contributed by atoms with van der Waals surface area (Å²) in [6, 6.07) is 10.6. The fraction of sp³-hybridized carbons (Fsp3) is 0.190. The zero-order chi connectivity index (χ0) is 21.3. The molecule has 2 aromatic carbocycles. The van der Waals surface area contributed by atoms with Crippen molar-refractivity contribution in [2.75, 3.05) is 13.2 Å². The molecule has 0 fully saturated rings. The summed E-state index contributed by atoms with van der Waals surface area (Å²) in [5, 5.41) is 5.28. The molecular formula is C21H17Cl2N3O3S. The van der Waals surface area contributed by atoms with Gasteiger partial charge in [-0.1, -0.05) is 40.6 Å². The average Bonchev–Trinajstić information content (AvgIpc) is 3.24. The first kappa shape index (κ1) is 20.7. The summed E-state index contributed by atoms with van der Waals surface area (Å²) in [5.74, 6) is 1.69. The van der Waals surface area contributed by atoms with Crippen molar-refractivity contribution in [1.82, 2.24) is 14.6 Å². The van der Waals surface area contributed by atoms with E-state index in [1.54, 1.807) is 24.3 Å². The van der Waals surface area contributed by atoms with Crippen LogP contribution in [0.3, 0.4) is 0 Å². The minimum Gasteiger partial charge on any atom is -0.490 e. The van der Waals surface area contributed by atoms with Crippen LogP contribution in [0.1, 0.15) is 19.4 Å². The van der Waals surface area contributed by atoms with Crippen LogP contribution in [0, 0.1) is 0 Å². The van der Waals surface area contributed by atoms with Crippen molar-refractivity contribution in [2.45, 2.75) is 13.8 Å². The molecule has 2 heterocycles. The number of thiazole rings is 1. The lowest BCUT2D eigenvalue weighted by molar-refractivity contribution is 0.287.